The first-order valence-electron chi connectivity index (χ1n) is 8.49. The van der Waals surface area contributed by atoms with E-state index < -0.39 is 0 Å². The Hall–Kier alpha value is -2.66. The largest absolute Gasteiger partial charge is 0.298 e. The summed E-state index contributed by atoms with van der Waals surface area (Å²) < 4.78 is 13.2. The number of aromatic nitrogens is 3. The molecule has 0 fully saturated rings. The van der Waals surface area contributed by atoms with Crippen molar-refractivity contribution in [1.82, 2.24) is 19.9 Å². The molecule has 5 heteroatoms. The van der Waals surface area contributed by atoms with Gasteiger partial charge in [-0.1, -0.05) is 6.07 Å². The number of benzene rings is 1. The van der Waals surface area contributed by atoms with Crippen LogP contribution in [0.4, 0.5) is 4.39 Å². The Balaban J connectivity index is 1.57. The summed E-state index contributed by atoms with van der Waals surface area (Å²) in [5.41, 5.74) is 5.37. The molecule has 126 valence electrons. The van der Waals surface area contributed by atoms with E-state index in [1.165, 1.54) is 23.3 Å². The van der Waals surface area contributed by atoms with Gasteiger partial charge in [-0.05, 0) is 42.3 Å². The Morgan fingerprint density at radius 2 is 1.84 bits per heavy atom. The van der Waals surface area contributed by atoms with Crippen molar-refractivity contribution in [2.75, 3.05) is 13.1 Å². The van der Waals surface area contributed by atoms with E-state index in [2.05, 4.69) is 25.9 Å². The summed E-state index contributed by atoms with van der Waals surface area (Å²) in [5, 5.41) is 0. The Bertz CT molecular complexity index is 849. The van der Waals surface area contributed by atoms with Gasteiger partial charge in [0.05, 0.1) is 5.69 Å². The van der Waals surface area contributed by atoms with Gasteiger partial charge in [0.2, 0.25) is 0 Å². The van der Waals surface area contributed by atoms with Gasteiger partial charge in [0, 0.05) is 55.3 Å². The zero-order valence-corrected chi connectivity index (χ0v) is 13.9. The maximum absolute atomic E-state index is 13.2. The average molecular weight is 334 g/mol. The summed E-state index contributed by atoms with van der Waals surface area (Å²) in [6.45, 7) is 2.80. The third-order valence-corrected chi connectivity index (χ3v) is 4.62. The second kappa shape index (κ2) is 7.07. The predicted molar refractivity (Wildman–Crippen MR) is 94.3 cm³/mol. The molecule has 0 saturated carbocycles. The summed E-state index contributed by atoms with van der Waals surface area (Å²) in [5.74, 6) is -0.230. The molecule has 0 N–H and O–H groups in total. The van der Waals surface area contributed by atoms with Crippen molar-refractivity contribution in [3.63, 3.8) is 0 Å². The van der Waals surface area contributed by atoms with Crippen LogP contribution in [-0.2, 0) is 19.4 Å². The van der Waals surface area contributed by atoms with Crippen LogP contribution in [0, 0.1) is 5.82 Å². The second-order valence-electron chi connectivity index (χ2n) is 6.29. The fraction of sp³-hybridized carbons (Fsp3) is 0.250. The van der Waals surface area contributed by atoms with Crippen molar-refractivity contribution in [3.05, 3.63) is 77.8 Å². The lowest BCUT2D eigenvalue weighted by atomic mass is 10.0. The Morgan fingerprint density at radius 3 is 2.64 bits per heavy atom. The maximum Gasteiger partial charge on any atom is 0.123 e. The van der Waals surface area contributed by atoms with Crippen molar-refractivity contribution < 1.29 is 4.39 Å². The number of halogens is 1. The molecule has 2 aromatic heterocycles. The molecule has 0 unspecified atom stereocenters. The van der Waals surface area contributed by atoms with Crippen LogP contribution in [0.1, 0.15) is 16.8 Å². The van der Waals surface area contributed by atoms with E-state index in [0.717, 1.165) is 49.4 Å². The van der Waals surface area contributed by atoms with Gasteiger partial charge in [-0.15, -0.1) is 0 Å². The van der Waals surface area contributed by atoms with E-state index in [4.69, 9.17) is 0 Å². The number of pyridine rings is 1. The van der Waals surface area contributed by atoms with E-state index in [0.29, 0.717) is 0 Å². The molecule has 1 aliphatic rings. The van der Waals surface area contributed by atoms with Crippen molar-refractivity contribution in [2.45, 2.75) is 19.4 Å². The first kappa shape index (κ1) is 15.8. The standard InChI is InChI=1S/C20H19FN4/c21-17-5-3-16(4-6-17)20-18-7-10-25(11-8-19(18)23-14-24-20)13-15-2-1-9-22-12-15/h1-6,9,12,14H,7-8,10-11,13H2. The molecule has 4 rings (SSSR count). The molecule has 4 nitrogen and oxygen atoms in total. The lowest BCUT2D eigenvalue weighted by Gasteiger charge is -2.19. The van der Waals surface area contributed by atoms with Crippen LogP contribution in [0.3, 0.4) is 0 Å². The molecule has 0 bridgehead atoms. The van der Waals surface area contributed by atoms with Crippen molar-refractivity contribution in [2.24, 2.45) is 0 Å². The predicted octanol–water partition coefficient (Wildman–Crippen LogP) is 3.28. The van der Waals surface area contributed by atoms with Crippen LogP contribution in [0.15, 0.2) is 55.1 Å². The third kappa shape index (κ3) is 3.56. The normalized spacial score (nSPS) is 14.8. The van der Waals surface area contributed by atoms with Gasteiger partial charge in [-0.2, -0.15) is 0 Å². The van der Waals surface area contributed by atoms with Gasteiger partial charge in [0.1, 0.15) is 12.1 Å². The summed E-state index contributed by atoms with van der Waals surface area (Å²) in [6.07, 6.45) is 7.12. The molecule has 1 aromatic carbocycles. The van der Waals surface area contributed by atoms with Crippen LogP contribution >= 0.6 is 0 Å². The first-order valence-corrected chi connectivity index (χ1v) is 8.49. The zero-order chi connectivity index (χ0) is 17.1. The molecule has 0 saturated heterocycles. The fourth-order valence-corrected chi connectivity index (χ4v) is 3.34. The smallest absolute Gasteiger partial charge is 0.123 e. The summed E-state index contributed by atoms with van der Waals surface area (Å²) >= 11 is 0. The Kier molecular flexibility index (Phi) is 4.48. The van der Waals surface area contributed by atoms with Gasteiger partial charge < -0.3 is 0 Å². The molecule has 0 amide bonds. The minimum Gasteiger partial charge on any atom is -0.298 e. The molecule has 3 aromatic rings. The molecular formula is C20H19FN4. The quantitative estimate of drug-likeness (QED) is 0.737. The third-order valence-electron chi connectivity index (χ3n) is 4.62. The SMILES string of the molecule is Fc1ccc(-c2ncnc3c2CCN(Cc2cccnc2)CC3)cc1. The van der Waals surface area contributed by atoms with Crippen molar-refractivity contribution in [1.29, 1.82) is 0 Å². The molecular weight excluding hydrogens is 315 g/mol. The summed E-state index contributed by atoms with van der Waals surface area (Å²) in [7, 11) is 0. The lowest BCUT2D eigenvalue weighted by molar-refractivity contribution is 0.278. The number of fused-ring (bicyclic) bond motifs is 1. The van der Waals surface area contributed by atoms with Gasteiger partial charge in [0.25, 0.3) is 0 Å². The van der Waals surface area contributed by atoms with Crippen LogP contribution in [-0.4, -0.2) is 32.9 Å². The van der Waals surface area contributed by atoms with E-state index in [-0.39, 0.29) is 5.82 Å². The number of nitrogens with zero attached hydrogens (tertiary/aromatic N) is 4. The summed E-state index contributed by atoms with van der Waals surface area (Å²) in [4.78, 5) is 15.6. The van der Waals surface area contributed by atoms with E-state index in [1.54, 1.807) is 24.7 Å². The summed E-state index contributed by atoms with van der Waals surface area (Å²) in [6, 6.07) is 10.6. The first-order chi connectivity index (χ1) is 12.3. The molecule has 1 aliphatic heterocycles. The van der Waals surface area contributed by atoms with Crippen LogP contribution < -0.4 is 0 Å². The van der Waals surface area contributed by atoms with Crippen molar-refractivity contribution >= 4 is 0 Å². The van der Waals surface area contributed by atoms with Crippen LogP contribution in [0.2, 0.25) is 0 Å². The molecule has 0 aliphatic carbocycles. The molecule has 0 spiro atoms. The minimum absolute atomic E-state index is 0.230. The molecule has 25 heavy (non-hydrogen) atoms. The highest BCUT2D eigenvalue weighted by Gasteiger charge is 2.19. The van der Waals surface area contributed by atoms with E-state index >= 15 is 0 Å². The van der Waals surface area contributed by atoms with Gasteiger partial charge in [-0.3, -0.25) is 9.88 Å². The Labute approximate surface area is 146 Å². The zero-order valence-electron chi connectivity index (χ0n) is 13.9. The minimum atomic E-state index is -0.230. The molecule has 3 heterocycles. The molecule has 0 atom stereocenters. The molecule has 0 radical (unpaired) electrons. The van der Waals surface area contributed by atoms with Gasteiger partial charge in [-0.25, -0.2) is 14.4 Å². The average Bonchev–Trinajstić information content (AvgIpc) is 2.86. The van der Waals surface area contributed by atoms with E-state index in [1.807, 2.05) is 12.3 Å². The van der Waals surface area contributed by atoms with Crippen molar-refractivity contribution in [3.8, 4) is 11.3 Å². The second-order valence-corrected chi connectivity index (χ2v) is 6.29. The highest BCUT2D eigenvalue weighted by atomic mass is 19.1. The monoisotopic (exact) mass is 334 g/mol. The van der Waals surface area contributed by atoms with E-state index in [9.17, 15) is 4.39 Å². The topological polar surface area (TPSA) is 41.9 Å². The number of rotatable bonds is 3. The lowest BCUT2D eigenvalue weighted by Crippen LogP contribution is -2.26. The van der Waals surface area contributed by atoms with Crippen LogP contribution in [0.5, 0.6) is 0 Å². The maximum atomic E-state index is 13.2. The number of hydrogen-bond acceptors (Lipinski definition) is 4. The highest BCUT2D eigenvalue weighted by molar-refractivity contribution is 5.63. The fourth-order valence-electron chi connectivity index (χ4n) is 3.34. The van der Waals surface area contributed by atoms with Crippen LogP contribution in [0.25, 0.3) is 11.3 Å². The number of hydrogen-bond donors (Lipinski definition) is 0. The van der Waals surface area contributed by atoms with Gasteiger partial charge >= 0.3 is 0 Å². The van der Waals surface area contributed by atoms with Gasteiger partial charge in [0.15, 0.2) is 0 Å². The Morgan fingerprint density at radius 1 is 1.00 bits per heavy atom. The highest BCUT2D eigenvalue weighted by Crippen LogP contribution is 2.26.